The van der Waals surface area contributed by atoms with E-state index in [-0.39, 0.29) is 31.4 Å². The van der Waals surface area contributed by atoms with E-state index in [1.54, 1.807) is 0 Å². The van der Waals surface area contributed by atoms with Crippen molar-refractivity contribution in [2.75, 3.05) is 32.0 Å². The lowest BCUT2D eigenvalue weighted by Gasteiger charge is -2.33. The van der Waals surface area contributed by atoms with Gasteiger partial charge in [-0.1, -0.05) is 30.3 Å². The predicted molar refractivity (Wildman–Crippen MR) is 152 cm³/mol. The van der Waals surface area contributed by atoms with Crippen molar-refractivity contribution in [2.24, 2.45) is 0 Å². The number of anilines is 1. The minimum absolute atomic E-state index is 0. The van der Waals surface area contributed by atoms with Gasteiger partial charge >= 0.3 is 0 Å². The van der Waals surface area contributed by atoms with Gasteiger partial charge in [-0.3, -0.25) is 0 Å². The second-order valence-electron chi connectivity index (χ2n) is 9.38. The van der Waals surface area contributed by atoms with E-state index in [0.717, 1.165) is 65.6 Å². The lowest BCUT2D eigenvalue weighted by atomic mass is 9.89. The zero-order chi connectivity index (χ0) is 24.1. The van der Waals surface area contributed by atoms with Gasteiger partial charge in [0.05, 0.1) is 0 Å². The summed E-state index contributed by atoms with van der Waals surface area (Å²) in [5.74, 6) is 3.06. The Morgan fingerprint density at radius 2 is 1.53 bits per heavy atom. The van der Waals surface area contributed by atoms with Gasteiger partial charge in [-0.25, -0.2) is 0 Å². The molecule has 1 aliphatic rings. The van der Waals surface area contributed by atoms with Crippen LogP contribution in [0.2, 0.25) is 0 Å². The first kappa shape index (κ1) is 29.8. The van der Waals surface area contributed by atoms with Crippen LogP contribution < -0.4 is 15.2 Å². The minimum Gasteiger partial charge on any atom is -0.491 e. The number of nitrogen functional groups attached to an aromatic ring is 1. The second-order valence-corrected chi connectivity index (χ2v) is 9.38. The van der Waals surface area contributed by atoms with Gasteiger partial charge in [0.1, 0.15) is 30.0 Å². The summed E-state index contributed by atoms with van der Waals surface area (Å²) in [4.78, 5) is 2.34. The molecule has 1 fully saturated rings. The number of rotatable bonds is 8. The van der Waals surface area contributed by atoms with E-state index >= 15 is 0 Å². The largest absolute Gasteiger partial charge is 0.491 e. The van der Waals surface area contributed by atoms with E-state index < -0.39 is 6.10 Å². The molecule has 0 radical (unpaired) electrons. The Labute approximate surface area is 227 Å². The number of aliphatic hydroxyl groups excluding tert-OH is 1. The number of nitrogens with two attached hydrogens (primary N) is 1. The van der Waals surface area contributed by atoms with Crippen LogP contribution in [-0.4, -0.2) is 42.4 Å². The number of β-amino-alcohol motifs (C(OH)–C–C–N with tert-alkyl or cyclic N) is 1. The first-order valence-electron chi connectivity index (χ1n) is 12.1. The summed E-state index contributed by atoms with van der Waals surface area (Å²) in [5.41, 5.74) is 11.4. The third-order valence-electron chi connectivity index (χ3n) is 6.93. The van der Waals surface area contributed by atoms with Crippen LogP contribution in [0.25, 0.3) is 0 Å². The molecule has 0 saturated carbocycles. The molecule has 1 atom stereocenters. The standard InChI is InChI=1S/C29H36N2O3.2ClH/c1-20-17-28(21(2)22(3)29(20)30)33-19-25(32)18-31-15-13-24(14-16-31)23-9-11-27(12-10-23)34-26-7-5-4-6-8-26;;/h4-12,17,24-25,32H,13-16,18-19,30H2,1-3H3;2*1H/t25-;;/m0../s1. The number of para-hydroxylation sites is 1. The highest BCUT2D eigenvalue weighted by atomic mass is 35.5. The lowest BCUT2D eigenvalue weighted by Crippen LogP contribution is -2.40. The Morgan fingerprint density at radius 3 is 2.17 bits per heavy atom. The van der Waals surface area contributed by atoms with Crippen LogP contribution in [0.4, 0.5) is 5.69 Å². The fourth-order valence-corrected chi connectivity index (χ4v) is 4.63. The van der Waals surface area contributed by atoms with Gasteiger partial charge in [-0.05, 0) is 105 Å². The van der Waals surface area contributed by atoms with Crippen LogP contribution in [0.15, 0.2) is 60.7 Å². The highest BCUT2D eigenvalue weighted by molar-refractivity contribution is 5.85. The Kier molecular flexibility index (Phi) is 11.4. The van der Waals surface area contributed by atoms with Gasteiger partial charge in [0, 0.05) is 12.2 Å². The van der Waals surface area contributed by atoms with E-state index in [1.807, 2.05) is 57.2 Å². The molecule has 3 aromatic rings. The molecule has 0 bridgehead atoms. The Bertz CT molecular complexity index is 1090. The van der Waals surface area contributed by atoms with Gasteiger partial charge < -0.3 is 25.2 Å². The quantitative estimate of drug-likeness (QED) is 0.326. The number of hydrogen-bond donors (Lipinski definition) is 2. The molecule has 3 aromatic carbocycles. The second kappa shape index (κ2) is 13.8. The molecule has 0 aromatic heterocycles. The molecule has 1 aliphatic heterocycles. The van der Waals surface area contributed by atoms with Gasteiger partial charge in [-0.15, -0.1) is 24.8 Å². The number of nitrogens with zero attached hydrogens (tertiary/aromatic N) is 1. The van der Waals surface area contributed by atoms with Gasteiger partial charge in [0.2, 0.25) is 0 Å². The maximum Gasteiger partial charge on any atom is 0.127 e. The van der Waals surface area contributed by atoms with Crippen molar-refractivity contribution < 1.29 is 14.6 Å². The lowest BCUT2D eigenvalue weighted by molar-refractivity contribution is 0.0592. The van der Waals surface area contributed by atoms with E-state index in [4.69, 9.17) is 15.2 Å². The number of likely N-dealkylation sites (tertiary alicyclic amines) is 1. The first-order valence-corrected chi connectivity index (χ1v) is 12.1. The summed E-state index contributed by atoms with van der Waals surface area (Å²) in [6, 6.07) is 20.3. The number of piperidine rings is 1. The number of halogens is 2. The van der Waals surface area contributed by atoms with Crippen LogP contribution in [0.1, 0.15) is 41.0 Å². The van der Waals surface area contributed by atoms with Crippen LogP contribution >= 0.6 is 24.8 Å². The van der Waals surface area contributed by atoms with E-state index in [9.17, 15) is 5.11 Å². The van der Waals surface area contributed by atoms with Crippen molar-refractivity contribution >= 4 is 30.5 Å². The first-order chi connectivity index (χ1) is 16.4. The molecule has 5 nitrogen and oxygen atoms in total. The topological polar surface area (TPSA) is 68.0 Å². The van der Waals surface area contributed by atoms with Crippen molar-refractivity contribution in [3.05, 3.63) is 82.9 Å². The monoisotopic (exact) mass is 532 g/mol. The van der Waals surface area contributed by atoms with Crippen LogP contribution in [-0.2, 0) is 0 Å². The average Bonchev–Trinajstić information content (AvgIpc) is 2.86. The SMILES string of the molecule is Cc1cc(OC[C@@H](O)CN2CCC(c3ccc(Oc4ccccc4)cc3)CC2)c(C)c(C)c1N.Cl.Cl. The highest BCUT2D eigenvalue weighted by Crippen LogP contribution is 2.31. The molecule has 4 rings (SSSR count). The zero-order valence-electron chi connectivity index (χ0n) is 21.3. The van der Waals surface area contributed by atoms with Gasteiger partial charge in [0.15, 0.2) is 0 Å². The van der Waals surface area contributed by atoms with Crippen molar-refractivity contribution in [1.82, 2.24) is 4.90 Å². The molecule has 3 N–H and O–H groups in total. The van der Waals surface area contributed by atoms with E-state index in [2.05, 4.69) is 29.2 Å². The van der Waals surface area contributed by atoms with Crippen molar-refractivity contribution in [2.45, 2.75) is 45.6 Å². The zero-order valence-corrected chi connectivity index (χ0v) is 22.9. The maximum atomic E-state index is 10.6. The fraction of sp³-hybridized carbons (Fsp3) is 0.379. The van der Waals surface area contributed by atoms with Crippen LogP contribution in [0.3, 0.4) is 0 Å². The third kappa shape index (κ3) is 7.53. The predicted octanol–water partition coefficient (Wildman–Crippen LogP) is 6.45. The maximum absolute atomic E-state index is 10.6. The molecule has 0 spiro atoms. The highest BCUT2D eigenvalue weighted by Gasteiger charge is 2.22. The summed E-state index contributed by atoms with van der Waals surface area (Å²) in [6.45, 7) is 8.87. The number of aryl methyl sites for hydroxylation is 1. The number of aliphatic hydroxyl groups is 1. The van der Waals surface area contributed by atoms with E-state index in [1.165, 1.54) is 5.56 Å². The van der Waals surface area contributed by atoms with Crippen molar-refractivity contribution in [3.63, 3.8) is 0 Å². The molecule has 7 heteroatoms. The molecule has 0 amide bonds. The normalized spacial score (nSPS) is 14.9. The van der Waals surface area contributed by atoms with Crippen molar-refractivity contribution in [3.8, 4) is 17.2 Å². The number of ether oxygens (including phenoxy) is 2. The number of benzene rings is 3. The van der Waals surface area contributed by atoms with Gasteiger partial charge in [-0.2, -0.15) is 0 Å². The average molecular weight is 534 g/mol. The molecule has 0 aliphatic carbocycles. The Hall–Kier alpha value is -2.44. The van der Waals surface area contributed by atoms with Crippen LogP contribution in [0.5, 0.6) is 17.2 Å². The third-order valence-corrected chi connectivity index (χ3v) is 6.93. The molecular weight excluding hydrogens is 495 g/mol. The molecule has 36 heavy (non-hydrogen) atoms. The molecule has 1 saturated heterocycles. The summed E-state index contributed by atoms with van der Waals surface area (Å²) >= 11 is 0. The summed E-state index contributed by atoms with van der Waals surface area (Å²) < 4.78 is 11.9. The summed E-state index contributed by atoms with van der Waals surface area (Å²) in [5, 5.41) is 10.6. The molecule has 0 unspecified atom stereocenters. The summed E-state index contributed by atoms with van der Waals surface area (Å²) in [7, 11) is 0. The number of hydrogen-bond acceptors (Lipinski definition) is 5. The fourth-order valence-electron chi connectivity index (χ4n) is 4.63. The minimum atomic E-state index is -0.525. The Morgan fingerprint density at radius 1 is 0.917 bits per heavy atom. The molecule has 196 valence electrons. The summed E-state index contributed by atoms with van der Waals surface area (Å²) in [6.07, 6.45) is 1.65. The van der Waals surface area contributed by atoms with Crippen LogP contribution in [0, 0.1) is 20.8 Å². The Balaban J connectivity index is 0.00000228. The smallest absolute Gasteiger partial charge is 0.127 e. The van der Waals surface area contributed by atoms with Crippen molar-refractivity contribution in [1.29, 1.82) is 0 Å². The molecule has 1 heterocycles. The van der Waals surface area contributed by atoms with E-state index in [0.29, 0.717) is 12.5 Å². The molecular formula is C29H38Cl2N2O3. The van der Waals surface area contributed by atoms with Gasteiger partial charge in [0.25, 0.3) is 0 Å².